The first-order valence-corrected chi connectivity index (χ1v) is 9.82. The lowest BCUT2D eigenvalue weighted by Crippen LogP contribution is -2.41. The zero-order chi connectivity index (χ0) is 22.6. The molecule has 2 amide bonds. The molecule has 0 saturated heterocycles. The first-order chi connectivity index (χ1) is 15.5. The number of rotatable bonds is 3. The van der Waals surface area contributed by atoms with E-state index in [1.165, 1.54) is 0 Å². The fraction of sp³-hybridized carbons (Fsp3) is 0.0385. The van der Waals surface area contributed by atoms with Gasteiger partial charge in [0.15, 0.2) is 0 Å². The van der Waals surface area contributed by atoms with Crippen LogP contribution in [0.2, 0.25) is 0 Å². The first-order valence-electron chi connectivity index (χ1n) is 9.82. The summed E-state index contributed by atoms with van der Waals surface area (Å²) >= 11 is 0. The van der Waals surface area contributed by atoms with Crippen LogP contribution in [0.4, 0.5) is 0 Å². The molecule has 154 valence electrons. The van der Waals surface area contributed by atoms with Crippen molar-refractivity contribution in [3.63, 3.8) is 0 Å². The summed E-state index contributed by atoms with van der Waals surface area (Å²) in [5.41, 5.74) is 0.964. The fourth-order valence-electron chi connectivity index (χ4n) is 4.38. The highest BCUT2D eigenvalue weighted by Crippen LogP contribution is 2.37. The molecule has 6 nitrogen and oxygen atoms in total. The monoisotopic (exact) mass is 420 g/mol. The second-order valence-electron chi connectivity index (χ2n) is 7.58. The Bertz CT molecular complexity index is 1570. The van der Waals surface area contributed by atoms with Gasteiger partial charge in [-0.3, -0.25) is 9.59 Å². The van der Waals surface area contributed by atoms with Crippen molar-refractivity contribution in [2.75, 3.05) is 0 Å². The second-order valence-corrected chi connectivity index (χ2v) is 7.58. The summed E-state index contributed by atoms with van der Waals surface area (Å²) < 4.78 is 0. The van der Waals surface area contributed by atoms with Crippen molar-refractivity contribution in [2.45, 2.75) is 6.92 Å². The van der Waals surface area contributed by atoms with Gasteiger partial charge in [-0.15, -0.1) is 0 Å². The smallest absolute Gasteiger partial charge is 0.267 e. The summed E-state index contributed by atoms with van der Waals surface area (Å²) in [5, 5.41) is 15.5. The molecular formula is C26H16N2O4. The molecule has 32 heavy (non-hydrogen) atoms. The van der Waals surface area contributed by atoms with Crippen molar-refractivity contribution < 1.29 is 19.7 Å². The average molecular weight is 420 g/mol. The molecule has 0 aliphatic carbocycles. The van der Waals surface area contributed by atoms with Crippen LogP contribution in [-0.4, -0.2) is 22.0 Å². The Morgan fingerprint density at radius 3 is 2.28 bits per heavy atom. The van der Waals surface area contributed by atoms with Crippen molar-refractivity contribution in [1.82, 2.24) is 4.90 Å². The van der Waals surface area contributed by atoms with E-state index in [4.69, 9.17) is 11.8 Å². The lowest BCUT2D eigenvalue weighted by Gasteiger charge is -2.26. The summed E-state index contributed by atoms with van der Waals surface area (Å²) in [6.45, 7) is 12.4. The van der Waals surface area contributed by atoms with Crippen molar-refractivity contribution in [3.8, 4) is 0 Å². The molecule has 0 fully saturated rings. The molecule has 5 rings (SSSR count). The lowest BCUT2D eigenvalue weighted by atomic mass is 9.90. The first kappa shape index (κ1) is 19.5. The summed E-state index contributed by atoms with van der Waals surface area (Å²) in [6.07, 6.45) is 1.67. The van der Waals surface area contributed by atoms with Crippen LogP contribution in [0.15, 0.2) is 83.9 Å². The van der Waals surface area contributed by atoms with Gasteiger partial charge in [0.2, 0.25) is 5.88 Å². The summed E-state index contributed by atoms with van der Waals surface area (Å²) in [4.78, 5) is 33.6. The Hall–Kier alpha value is -4.47. The SMILES string of the molecule is [C-]#[N+]C1=C(C)/C(=C\c2ccc3ccc4cccc5ccc2c3c45)C(=O)N(C(=C)OO)C1=O. The minimum atomic E-state index is -0.880. The van der Waals surface area contributed by atoms with Gasteiger partial charge in [0.05, 0.1) is 6.57 Å². The third kappa shape index (κ3) is 2.62. The van der Waals surface area contributed by atoms with E-state index < -0.39 is 17.7 Å². The quantitative estimate of drug-likeness (QED) is 0.0905. The van der Waals surface area contributed by atoms with Gasteiger partial charge >= 0.3 is 0 Å². The van der Waals surface area contributed by atoms with Crippen LogP contribution >= 0.6 is 0 Å². The number of carbonyl (C=O) groups is 2. The predicted octanol–water partition coefficient (Wildman–Crippen LogP) is 5.49. The maximum atomic E-state index is 13.1. The van der Waals surface area contributed by atoms with Gasteiger partial charge in [-0.1, -0.05) is 54.6 Å². The minimum Gasteiger partial charge on any atom is -0.322 e. The highest BCUT2D eigenvalue weighted by molar-refractivity contribution is 6.25. The van der Waals surface area contributed by atoms with E-state index in [1.54, 1.807) is 13.0 Å². The van der Waals surface area contributed by atoms with Crippen molar-refractivity contribution in [3.05, 3.63) is 101 Å². The van der Waals surface area contributed by atoms with E-state index in [2.05, 4.69) is 40.6 Å². The zero-order valence-electron chi connectivity index (χ0n) is 17.0. The molecule has 1 aliphatic rings. The molecule has 0 atom stereocenters. The van der Waals surface area contributed by atoms with E-state index >= 15 is 0 Å². The third-order valence-corrected chi connectivity index (χ3v) is 5.93. The average Bonchev–Trinajstić information content (AvgIpc) is 2.81. The van der Waals surface area contributed by atoms with Crippen LogP contribution in [0.3, 0.4) is 0 Å². The Morgan fingerprint density at radius 2 is 1.62 bits per heavy atom. The molecule has 0 spiro atoms. The van der Waals surface area contributed by atoms with Gasteiger partial charge in [-0.2, -0.15) is 0 Å². The molecular weight excluding hydrogens is 404 g/mol. The Kier molecular flexibility index (Phi) is 4.29. The highest BCUT2D eigenvalue weighted by atomic mass is 17.1. The molecule has 0 radical (unpaired) electrons. The van der Waals surface area contributed by atoms with Crippen LogP contribution < -0.4 is 0 Å². The van der Waals surface area contributed by atoms with Crippen LogP contribution in [-0.2, 0) is 14.5 Å². The molecule has 6 heteroatoms. The third-order valence-electron chi connectivity index (χ3n) is 5.93. The summed E-state index contributed by atoms with van der Waals surface area (Å²) in [6, 6.07) is 18.3. The molecule has 0 saturated carbocycles. The largest absolute Gasteiger partial charge is 0.322 e. The zero-order valence-corrected chi connectivity index (χ0v) is 17.0. The van der Waals surface area contributed by atoms with Crippen molar-refractivity contribution in [1.29, 1.82) is 0 Å². The van der Waals surface area contributed by atoms with Gasteiger partial charge in [-0.25, -0.2) is 15.0 Å². The molecule has 1 N–H and O–H groups in total. The maximum absolute atomic E-state index is 13.1. The Balaban J connectivity index is 1.80. The number of amides is 2. The van der Waals surface area contributed by atoms with E-state index in [0.717, 1.165) is 37.9 Å². The van der Waals surface area contributed by atoms with Gasteiger partial charge in [0.1, 0.15) is 0 Å². The molecule has 1 heterocycles. The molecule has 0 aromatic heterocycles. The molecule has 4 aromatic carbocycles. The Labute approximate surface area is 183 Å². The summed E-state index contributed by atoms with van der Waals surface area (Å²) in [7, 11) is 0. The molecule has 0 bridgehead atoms. The van der Waals surface area contributed by atoms with Crippen molar-refractivity contribution in [2.24, 2.45) is 0 Å². The highest BCUT2D eigenvalue weighted by Gasteiger charge is 2.38. The second kappa shape index (κ2) is 7.05. The number of nitrogens with zero attached hydrogens (tertiary/aromatic N) is 2. The van der Waals surface area contributed by atoms with E-state index in [1.807, 2.05) is 30.3 Å². The summed E-state index contributed by atoms with van der Waals surface area (Å²) in [5.74, 6) is -2.16. The number of hydrogen-bond acceptors (Lipinski definition) is 4. The Morgan fingerprint density at radius 1 is 1.00 bits per heavy atom. The van der Waals surface area contributed by atoms with Crippen LogP contribution in [0.5, 0.6) is 0 Å². The standard InChI is InChI=1S/C26H16N2O4/c1-14-21(25(29)28(15(2)32-31)26(30)24(14)27-3)13-19-10-9-18-8-7-16-5-4-6-17-11-12-20(19)23(18)22(16)17/h4-13,31H,2H2,1H3/b21-13+. The van der Waals surface area contributed by atoms with Gasteiger partial charge in [0, 0.05) is 5.57 Å². The predicted molar refractivity (Wildman–Crippen MR) is 122 cm³/mol. The normalized spacial score (nSPS) is 15.9. The molecule has 4 aromatic rings. The van der Waals surface area contributed by atoms with Gasteiger partial charge in [0.25, 0.3) is 17.5 Å². The number of hydrogen-bond donors (Lipinski definition) is 1. The fourth-order valence-corrected chi connectivity index (χ4v) is 4.38. The maximum Gasteiger partial charge on any atom is 0.267 e. The number of benzene rings is 4. The van der Waals surface area contributed by atoms with Gasteiger partial charge in [-0.05, 0) is 63.0 Å². The van der Waals surface area contributed by atoms with E-state index in [-0.39, 0.29) is 16.8 Å². The van der Waals surface area contributed by atoms with Crippen LogP contribution in [0.1, 0.15) is 12.5 Å². The van der Waals surface area contributed by atoms with Crippen LogP contribution in [0.25, 0.3) is 43.2 Å². The topological polar surface area (TPSA) is 71.2 Å². The van der Waals surface area contributed by atoms with E-state index in [0.29, 0.717) is 4.90 Å². The van der Waals surface area contributed by atoms with Crippen LogP contribution in [0, 0.1) is 6.57 Å². The number of carbonyl (C=O) groups excluding carboxylic acids is 2. The molecule has 1 aliphatic heterocycles. The molecule has 0 unspecified atom stereocenters. The van der Waals surface area contributed by atoms with E-state index in [9.17, 15) is 9.59 Å². The lowest BCUT2D eigenvalue weighted by molar-refractivity contribution is -0.222. The van der Waals surface area contributed by atoms with Gasteiger partial charge < -0.3 is 4.89 Å². The minimum absolute atomic E-state index is 0.156. The van der Waals surface area contributed by atoms with Crippen molar-refractivity contribution >= 4 is 50.2 Å². The number of imide groups is 1.